The highest BCUT2D eigenvalue weighted by molar-refractivity contribution is 6.30. The fourth-order valence-corrected chi connectivity index (χ4v) is 3.74. The molecule has 0 aromatic heterocycles. The average Bonchev–Trinajstić information content (AvgIpc) is 2.86. The maximum absolute atomic E-state index is 14.4. The smallest absolute Gasteiger partial charge is 0.242 e. The SMILES string of the molecule is CNC(=O)[C@H](Cc1ccccc1)N(Cc1ccccc1F)C(=O)CCCOc1ccc(Cl)cc1. The molecule has 0 bridgehead atoms. The molecule has 2 amide bonds. The molecule has 3 rings (SSSR count). The van der Waals surface area contributed by atoms with Crippen LogP contribution in [-0.2, 0) is 22.6 Å². The van der Waals surface area contributed by atoms with E-state index < -0.39 is 11.9 Å². The van der Waals surface area contributed by atoms with Crippen LogP contribution in [0, 0.1) is 5.82 Å². The molecule has 0 radical (unpaired) electrons. The van der Waals surface area contributed by atoms with E-state index in [-0.39, 0.29) is 24.8 Å². The lowest BCUT2D eigenvalue weighted by molar-refractivity contribution is -0.141. The van der Waals surface area contributed by atoms with Gasteiger partial charge < -0.3 is 15.0 Å². The van der Waals surface area contributed by atoms with Crippen molar-refractivity contribution in [2.45, 2.75) is 31.8 Å². The monoisotopic (exact) mass is 482 g/mol. The van der Waals surface area contributed by atoms with E-state index in [0.29, 0.717) is 35.8 Å². The second-order valence-electron chi connectivity index (χ2n) is 7.84. The predicted octanol–water partition coefficient (Wildman–Crippen LogP) is 5.02. The van der Waals surface area contributed by atoms with Crippen molar-refractivity contribution in [2.75, 3.05) is 13.7 Å². The van der Waals surface area contributed by atoms with Gasteiger partial charge in [-0.05, 0) is 42.3 Å². The number of amides is 2. The Morgan fingerprint density at radius 1 is 1.00 bits per heavy atom. The number of carbonyl (C=O) groups excluding carboxylic acids is 2. The third-order valence-corrected chi connectivity index (χ3v) is 5.69. The highest BCUT2D eigenvalue weighted by Gasteiger charge is 2.30. The van der Waals surface area contributed by atoms with Crippen molar-refractivity contribution in [2.24, 2.45) is 0 Å². The molecule has 178 valence electrons. The van der Waals surface area contributed by atoms with E-state index >= 15 is 0 Å². The van der Waals surface area contributed by atoms with Crippen LogP contribution in [0.5, 0.6) is 5.75 Å². The van der Waals surface area contributed by atoms with Crippen molar-refractivity contribution >= 4 is 23.4 Å². The van der Waals surface area contributed by atoms with Gasteiger partial charge in [-0.2, -0.15) is 0 Å². The summed E-state index contributed by atoms with van der Waals surface area (Å²) in [5, 5.41) is 3.27. The number of nitrogens with one attached hydrogen (secondary N) is 1. The standard InChI is InChI=1S/C27H28ClFN2O3/c1-30-27(33)25(18-20-8-3-2-4-9-20)31(19-21-10-5-6-11-24(21)29)26(32)12-7-17-34-23-15-13-22(28)14-16-23/h2-6,8-11,13-16,25H,7,12,17-19H2,1H3,(H,30,33)/t25-/m0/s1. The van der Waals surface area contributed by atoms with Gasteiger partial charge in [-0.1, -0.05) is 60.1 Å². The zero-order chi connectivity index (χ0) is 24.3. The summed E-state index contributed by atoms with van der Waals surface area (Å²) in [5.74, 6) is -0.299. The first-order valence-corrected chi connectivity index (χ1v) is 11.5. The lowest BCUT2D eigenvalue weighted by atomic mass is 10.0. The largest absolute Gasteiger partial charge is 0.494 e. The summed E-state index contributed by atoms with van der Waals surface area (Å²) in [4.78, 5) is 27.6. The number of nitrogens with zero attached hydrogens (tertiary/aromatic N) is 1. The minimum atomic E-state index is -0.781. The first kappa shape index (κ1) is 25.2. The van der Waals surface area contributed by atoms with Crippen LogP contribution < -0.4 is 10.1 Å². The lowest BCUT2D eigenvalue weighted by Gasteiger charge is -2.31. The topological polar surface area (TPSA) is 58.6 Å². The van der Waals surface area contributed by atoms with E-state index in [9.17, 15) is 14.0 Å². The summed E-state index contributed by atoms with van der Waals surface area (Å²) in [6, 6.07) is 22.0. The van der Waals surface area contributed by atoms with E-state index in [1.165, 1.54) is 18.0 Å². The zero-order valence-electron chi connectivity index (χ0n) is 19.0. The number of benzene rings is 3. The number of halogens is 2. The second-order valence-corrected chi connectivity index (χ2v) is 8.28. The van der Waals surface area contributed by atoms with Gasteiger partial charge in [0.05, 0.1) is 6.61 Å². The maximum atomic E-state index is 14.4. The molecule has 1 N–H and O–H groups in total. The summed E-state index contributed by atoms with van der Waals surface area (Å²) in [6.07, 6.45) is 0.924. The summed E-state index contributed by atoms with van der Waals surface area (Å²) < 4.78 is 20.1. The molecule has 7 heteroatoms. The minimum Gasteiger partial charge on any atom is -0.494 e. The fourth-order valence-electron chi connectivity index (χ4n) is 3.62. The Morgan fingerprint density at radius 2 is 1.68 bits per heavy atom. The van der Waals surface area contributed by atoms with Crippen molar-refractivity contribution in [3.8, 4) is 5.75 Å². The first-order valence-electron chi connectivity index (χ1n) is 11.1. The number of likely N-dealkylation sites (N-methyl/N-ethyl adjacent to an activating group) is 1. The van der Waals surface area contributed by atoms with E-state index in [1.807, 2.05) is 30.3 Å². The molecule has 1 atom stereocenters. The van der Waals surface area contributed by atoms with Crippen molar-refractivity contribution in [3.05, 3.63) is 101 Å². The summed E-state index contributed by atoms with van der Waals surface area (Å²) in [7, 11) is 1.53. The van der Waals surface area contributed by atoms with Crippen LogP contribution in [0.1, 0.15) is 24.0 Å². The number of carbonyl (C=O) groups is 2. The van der Waals surface area contributed by atoms with E-state index in [0.717, 1.165) is 5.56 Å². The van der Waals surface area contributed by atoms with Crippen molar-refractivity contribution in [3.63, 3.8) is 0 Å². The van der Waals surface area contributed by atoms with Crippen LogP contribution in [0.15, 0.2) is 78.9 Å². The second kappa shape index (κ2) is 12.8. The van der Waals surface area contributed by atoms with Crippen LogP contribution in [0.4, 0.5) is 4.39 Å². The zero-order valence-corrected chi connectivity index (χ0v) is 19.8. The molecule has 0 saturated heterocycles. The summed E-state index contributed by atoms with van der Waals surface area (Å²) in [5.41, 5.74) is 1.27. The molecule has 34 heavy (non-hydrogen) atoms. The van der Waals surface area contributed by atoms with E-state index in [4.69, 9.17) is 16.3 Å². The Hall–Kier alpha value is -3.38. The molecule has 5 nitrogen and oxygen atoms in total. The van der Waals surface area contributed by atoms with Crippen LogP contribution in [0.2, 0.25) is 5.02 Å². The quantitative estimate of drug-likeness (QED) is 0.390. The Labute approximate surface area is 204 Å². The van der Waals surface area contributed by atoms with Gasteiger partial charge >= 0.3 is 0 Å². The Bertz CT molecular complexity index is 1080. The van der Waals surface area contributed by atoms with E-state index in [2.05, 4.69) is 5.32 Å². The summed E-state index contributed by atoms with van der Waals surface area (Å²) >= 11 is 5.89. The van der Waals surface area contributed by atoms with Gasteiger partial charge in [-0.3, -0.25) is 9.59 Å². The van der Waals surface area contributed by atoms with Gasteiger partial charge in [0.1, 0.15) is 17.6 Å². The molecule has 3 aromatic rings. The fraction of sp³-hybridized carbons (Fsp3) is 0.259. The Kier molecular flexibility index (Phi) is 9.47. The van der Waals surface area contributed by atoms with Gasteiger partial charge in [0.15, 0.2) is 0 Å². The van der Waals surface area contributed by atoms with Crippen LogP contribution in [0.25, 0.3) is 0 Å². The molecule has 0 aliphatic heterocycles. The molecular weight excluding hydrogens is 455 g/mol. The maximum Gasteiger partial charge on any atom is 0.242 e. The molecule has 0 unspecified atom stereocenters. The average molecular weight is 483 g/mol. The highest BCUT2D eigenvalue weighted by atomic mass is 35.5. The third-order valence-electron chi connectivity index (χ3n) is 5.43. The number of hydrogen-bond acceptors (Lipinski definition) is 3. The predicted molar refractivity (Wildman–Crippen MR) is 131 cm³/mol. The number of ether oxygens (including phenoxy) is 1. The number of hydrogen-bond donors (Lipinski definition) is 1. The van der Waals surface area contributed by atoms with Gasteiger partial charge in [0.2, 0.25) is 11.8 Å². The normalized spacial score (nSPS) is 11.5. The van der Waals surface area contributed by atoms with Crippen molar-refractivity contribution in [1.82, 2.24) is 10.2 Å². The summed E-state index contributed by atoms with van der Waals surface area (Å²) in [6.45, 7) is 0.318. The molecule has 0 spiro atoms. The Morgan fingerprint density at radius 3 is 2.35 bits per heavy atom. The lowest BCUT2D eigenvalue weighted by Crippen LogP contribution is -2.49. The van der Waals surface area contributed by atoms with Crippen molar-refractivity contribution in [1.29, 1.82) is 0 Å². The van der Waals surface area contributed by atoms with Crippen LogP contribution >= 0.6 is 11.6 Å². The molecule has 0 aliphatic rings. The molecule has 0 fully saturated rings. The van der Waals surface area contributed by atoms with Gasteiger partial charge in [-0.15, -0.1) is 0 Å². The first-order chi connectivity index (χ1) is 16.5. The minimum absolute atomic E-state index is 0.00549. The van der Waals surface area contributed by atoms with E-state index in [1.54, 1.807) is 42.5 Å². The Balaban J connectivity index is 1.75. The molecule has 0 heterocycles. The molecular formula is C27H28ClFN2O3. The molecule has 3 aromatic carbocycles. The van der Waals surface area contributed by atoms with Gasteiger partial charge in [0.25, 0.3) is 0 Å². The highest BCUT2D eigenvalue weighted by Crippen LogP contribution is 2.19. The third kappa shape index (κ3) is 7.32. The van der Waals surface area contributed by atoms with Gasteiger partial charge in [0, 0.05) is 37.0 Å². The van der Waals surface area contributed by atoms with Gasteiger partial charge in [-0.25, -0.2) is 4.39 Å². The molecule has 0 saturated carbocycles. The van der Waals surface area contributed by atoms with Crippen LogP contribution in [-0.4, -0.2) is 36.4 Å². The molecule has 0 aliphatic carbocycles. The van der Waals surface area contributed by atoms with Crippen LogP contribution in [0.3, 0.4) is 0 Å². The number of rotatable bonds is 11. The van der Waals surface area contributed by atoms with Crippen molar-refractivity contribution < 1.29 is 18.7 Å².